The van der Waals surface area contributed by atoms with Gasteiger partial charge in [-0.3, -0.25) is 4.79 Å². The van der Waals surface area contributed by atoms with Crippen LogP contribution < -0.4 is 0 Å². The fourth-order valence-corrected chi connectivity index (χ4v) is 7.49. The van der Waals surface area contributed by atoms with E-state index in [2.05, 4.69) is 13.8 Å². The lowest BCUT2D eigenvalue weighted by atomic mass is 9.49. The Bertz CT molecular complexity index is 459. The Morgan fingerprint density at radius 3 is 2.50 bits per heavy atom. The highest BCUT2D eigenvalue weighted by molar-refractivity contribution is 5.71. The van der Waals surface area contributed by atoms with E-state index in [4.69, 9.17) is 0 Å². The van der Waals surface area contributed by atoms with Gasteiger partial charge in [0, 0.05) is 0 Å². The average molecular weight is 304 g/mol. The van der Waals surface area contributed by atoms with E-state index in [1.54, 1.807) is 0 Å². The normalized spacial score (nSPS) is 54.2. The van der Waals surface area contributed by atoms with Crippen molar-refractivity contribution in [2.75, 3.05) is 0 Å². The fraction of sp³-hybridized carbons (Fsp3) is 0.950. The van der Waals surface area contributed by atoms with Crippen LogP contribution in [-0.2, 0) is 4.79 Å². The van der Waals surface area contributed by atoms with E-state index in [-0.39, 0.29) is 11.3 Å². The molecule has 4 aliphatic carbocycles. The number of aliphatic carboxylic acids is 1. The molecule has 4 aliphatic rings. The number of carboxylic acid groups (broad SMARTS) is 1. The summed E-state index contributed by atoms with van der Waals surface area (Å²) in [6.45, 7) is 4.75. The molecule has 7 unspecified atom stereocenters. The molecule has 0 amide bonds. The van der Waals surface area contributed by atoms with E-state index < -0.39 is 5.97 Å². The maximum Gasteiger partial charge on any atom is 0.307 e. The first-order valence-corrected chi connectivity index (χ1v) is 9.73. The van der Waals surface area contributed by atoms with Crippen LogP contribution in [0.25, 0.3) is 0 Å². The van der Waals surface area contributed by atoms with E-state index in [1.807, 2.05) is 0 Å². The molecular formula is C20H32O2. The van der Waals surface area contributed by atoms with Crippen molar-refractivity contribution in [3.05, 3.63) is 0 Å². The molecule has 0 aromatic carbocycles. The predicted octanol–water partition coefficient (Wildman–Crippen LogP) is 4.98. The highest BCUT2D eigenvalue weighted by Crippen LogP contribution is 2.64. The van der Waals surface area contributed by atoms with Gasteiger partial charge in [0.05, 0.1) is 5.92 Å². The first-order chi connectivity index (χ1) is 10.5. The number of fused-ring (bicyclic) bond motifs is 5. The van der Waals surface area contributed by atoms with Crippen molar-refractivity contribution in [2.24, 2.45) is 46.8 Å². The van der Waals surface area contributed by atoms with Crippen molar-refractivity contribution in [3.8, 4) is 0 Å². The summed E-state index contributed by atoms with van der Waals surface area (Å²) in [6, 6.07) is 0. The lowest BCUT2D eigenvalue weighted by Gasteiger charge is -2.56. The summed E-state index contributed by atoms with van der Waals surface area (Å²) in [5.74, 6) is 4.79. The van der Waals surface area contributed by atoms with Crippen LogP contribution in [0.1, 0.15) is 71.6 Å². The Hall–Kier alpha value is -0.530. The van der Waals surface area contributed by atoms with Crippen LogP contribution in [0.5, 0.6) is 0 Å². The molecule has 8 atom stereocenters. The molecule has 0 aliphatic heterocycles. The number of carbonyl (C=O) groups is 1. The maximum absolute atomic E-state index is 11.7. The fourth-order valence-electron chi connectivity index (χ4n) is 7.49. The van der Waals surface area contributed by atoms with Gasteiger partial charge in [-0.15, -0.1) is 0 Å². The van der Waals surface area contributed by atoms with E-state index in [1.165, 1.54) is 51.4 Å². The molecule has 0 saturated heterocycles. The first-order valence-electron chi connectivity index (χ1n) is 9.73. The minimum absolute atomic E-state index is 0.0671. The monoisotopic (exact) mass is 304 g/mol. The highest BCUT2D eigenvalue weighted by Gasteiger charge is 2.58. The van der Waals surface area contributed by atoms with Gasteiger partial charge in [0.25, 0.3) is 0 Å². The van der Waals surface area contributed by atoms with Crippen LogP contribution in [0.4, 0.5) is 0 Å². The summed E-state index contributed by atoms with van der Waals surface area (Å²) in [5.41, 5.74) is 0.0990. The zero-order chi connectivity index (χ0) is 15.5. The quantitative estimate of drug-likeness (QED) is 0.742. The zero-order valence-corrected chi connectivity index (χ0v) is 14.3. The van der Waals surface area contributed by atoms with Gasteiger partial charge in [-0.1, -0.05) is 20.3 Å². The molecule has 4 fully saturated rings. The molecule has 0 aromatic rings. The second-order valence-electron chi connectivity index (χ2n) is 9.37. The largest absolute Gasteiger partial charge is 0.481 e. The summed E-state index contributed by atoms with van der Waals surface area (Å²) >= 11 is 0. The summed E-state index contributed by atoms with van der Waals surface area (Å²) < 4.78 is 0. The van der Waals surface area contributed by atoms with Gasteiger partial charge in [0.2, 0.25) is 0 Å². The van der Waals surface area contributed by atoms with Crippen molar-refractivity contribution < 1.29 is 9.90 Å². The first kappa shape index (κ1) is 15.0. The van der Waals surface area contributed by atoms with Crippen molar-refractivity contribution >= 4 is 5.97 Å². The van der Waals surface area contributed by atoms with Crippen LogP contribution in [0, 0.1) is 46.8 Å². The average Bonchev–Trinajstić information content (AvgIpc) is 2.84. The smallest absolute Gasteiger partial charge is 0.307 e. The molecule has 124 valence electrons. The topological polar surface area (TPSA) is 37.3 Å². The molecule has 4 rings (SSSR count). The Morgan fingerprint density at radius 1 is 0.955 bits per heavy atom. The van der Waals surface area contributed by atoms with Gasteiger partial charge in [0.1, 0.15) is 0 Å². The Kier molecular flexibility index (Phi) is 3.58. The molecule has 0 spiro atoms. The zero-order valence-electron chi connectivity index (χ0n) is 14.3. The minimum atomic E-state index is -0.524. The maximum atomic E-state index is 11.7. The van der Waals surface area contributed by atoms with Crippen molar-refractivity contribution in [3.63, 3.8) is 0 Å². The lowest BCUT2D eigenvalue weighted by Crippen LogP contribution is -2.49. The van der Waals surface area contributed by atoms with Crippen molar-refractivity contribution in [1.82, 2.24) is 0 Å². The summed E-state index contributed by atoms with van der Waals surface area (Å²) in [4.78, 5) is 11.7. The molecule has 22 heavy (non-hydrogen) atoms. The SMILES string of the molecule is CC1CCC2C(CCC3C2CCC2(C)C3CC[C@@H]2C(=O)O)C1. The van der Waals surface area contributed by atoms with E-state index >= 15 is 0 Å². The van der Waals surface area contributed by atoms with Crippen molar-refractivity contribution in [2.45, 2.75) is 71.6 Å². The standard InChI is InChI=1S/C20H32O2/c1-12-3-5-14-13(11-12)4-6-16-15(14)9-10-20(2)17(16)7-8-18(20)19(21)22/h12-18H,3-11H2,1-2H3,(H,21,22)/t12?,13?,14?,15?,16?,17?,18-,20?/m1/s1. The van der Waals surface area contributed by atoms with E-state index in [0.29, 0.717) is 5.92 Å². The molecule has 2 nitrogen and oxygen atoms in total. The van der Waals surface area contributed by atoms with Crippen molar-refractivity contribution in [1.29, 1.82) is 0 Å². The molecule has 0 bridgehead atoms. The highest BCUT2D eigenvalue weighted by atomic mass is 16.4. The van der Waals surface area contributed by atoms with Crippen LogP contribution >= 0.6 is 0 Å². The van der Waals surface area contributed by atoms with Gasteiger partial charge in [-0.25, -0.2) is 0 Å². The number of carboxylic acids is 1. The van der Waals surface area contributed by atoms with Gasteiger partial charge < -0.3 is 5.11 Å². The van der Waals surface area contributed by atoms with Crippen LogP contribution in [-0.4, -0.2) is 11.1 Å². The molecule has 2 heteroatoms. The van der Waals surface area contributed by atoms with Gasteiger partial charge >= 0.3 is 5.97 Å². The summed E-state index contributed by atoms with van der Waals surface area (Å²) in [7, 11) is 0. The number of rotatable bonds is 1. The molecule has 1 N–H and O–H groups in total. The Labute approximate surface area is 135 Å². The van der Waals surface area contributed by atoms with Crippen LogP contribution in [0.2, 0.25) is 0 Å². The van der Waals surface area contributed by atoms with Gasteiger partial charge in [-0.2, -0.15) is 0 Å². The molecular weight excluding hydrogens is 272 g/mol. The summed E-state index contributed by atoms with van der Waals surface area (Å²) in [5, 5.41) is 9.63. The third-order valence-corrected chi connectivity index (χ3v) is 8.51. The number of hydrogen-bond donors (Lipinski definition) is 1. The second kappa shape index (κ2) is 5.24. The minimum Gasteiger partial charge on any atom is -0.481 e. The van der Waals surface area contributed by atoms with Crippen LogP contribution in [0.3, 0.4) is 0 Å². The van der Waals surface area contributed by atoms with Crippen LogP contribution in [0.15, 0.2) is 0 Å². The second-order valence-corrected chi connectivity index (χ2v) is 9.37. The van der Waals surface area contributed by atoms with Gasteiger partial charge in [-0.05, 0) is 92.3 Å². The summed E-state index contributed by atoms with van der Waals surface area (Å²) in [6.07, 6.45) is 11.8. The Balaban J connectivity index is 1.56. The predicted molar refractivity (Wildman–Crippen MR) is 87.4 cm³/mol. The molecule has 4 saturated carbocycles. The molecule has 0 aromatic heterocycles. The molecule has 0 radical (unpaired) electrons. The third kappa shape index (κ3) is 2.08. The third-order valence-electron chi connectivity index (χ3n) is 8.51. The number of hydrogen-bond acceptors (Lipinski definition) is 1. The van der Waals surface area contributed by atoms with E-state index in [9.17, 15) is 9.90 Å². The van der Waals surface area contributed by atoms with E-state index in [0.717, 1.165) is 36.0 Å². The molecule has 0 heterocycles. The lowest BCUT2D eigenvalue weighted by molar-refractivity contribution is -0.149. The Morgan fingerprint density at radius 2 is 1.73 bits per heavy atom. The van der Waals surface area contributed by atoms with Gasteiger partial charge in [0.15, 0.2) is 0 Å².